The molecule has 0 amide bonds. The molecule has 1 aromatic rings. The molecule has 0 saturated carbocycles. The zero-order chi connectivity index (χ0) is 15.2. The number of hydrogen-bond donors (Lipinski definition) is 1. The van der Waals surface area contributed by atoms with E-state index in [1.807, 2.05) is 32.1 Å². The quantitative estimate of drug-likeness (QED) is 0.841. The Morgan fingerprint density at radius 1 is 1.43 bits per heavy atom. The molecule has 2 rings (SSSR count). The fourth-order valence-electron chi connectivity index (χ4n) is 1.86. The molecule has 1 aliphatic rings. The summed E-state index contributed by atoms with van der Waals surface area (Å²) in [6.07, 6.45) is 1.69. The van der Waals surface area contributed by atoms with Crippen LogP contribution in [0.5, 0.6) is 0 Å². The predicted molar refractivity (Wildman–Crippen MR) is 77.6 cm³/mol. The number of hydroxylamine groups is 1. The first-order valence-electron chi connectivity index (χ1n) is 6.88. The molecule has 1 heterocycles. The average Bonchev–Trinajstić information content (AvgIpc) is 2.93. The van der Waals surface area contributed by atoms with Crippen molar-refractivity contribution in [3.05, 3.63) is 41.5 Å². The smallest absolute Gasteiger partial charge is 0.308 e. The second kappa shape index (κ2) is 6.91. The summed E-state index contributed by atoms with van der Waals surface area (Å²) >= 11 is 0. The number of nitrogens with zero attached hydrogens (tertiary/aromatic N) is 1. The second-order valence-corrected chi connectivity index (χ2v) is 5.31. The summed E-state index contributed by atoms with van der Waals surface area (Å²) < 4.78 is 5.12. The molecule has 5 nitrogen and oxygen atoms in total. The van der Waals surface area contributed by atoms with Gasteiger partial charge < -0.3 is 4.74 Å². The van der Waals surface area contributed by atoms with Crippen LogP contribution in [0.1, 0.15) is 31.4 Å². The van der Waals surface area contributed by atoms with Crippen molar-refractivity contribution in [1.29, 1.82) is 5.26 Å². The molecule has 110 valence electrons. The van der Waals surface area contributed by atoms with Crippen LogP contribution in [-0.4, -0.2) is 18.7 Å². The Hall–Kier alpha value is -2.32. The SMILES string of the molecule is CC(C)COC(=O)CC1C=C(c2ccc(C#N)cc2)NO1. The zero-order valence-corrected chi connectivity index (χ0v) is 12.1. The van der Waals surface area contributed by atoms with Crippen LogP contribution in [0.15, 0.2) is 30.3 Å². The van der Waals surface area contributed by atoms with E-state index in [0.29, 0.717) is 18.1 Å². The summed E-state index contributed by atoms with van der Waals surface area (Å²) in [5.41, 5.74) is 5.11. The zero-order valence-electron chi connectivity index (χ0n) is 12.1. The number of esters is 1. The van der Waals surface area contributed by atoms with E-state index in [1.54, 1.807) is 12.1 Å². The average molecular weight is 286 g/mol. The molecule has 0 fully saturated rings. The first kappa shape index (κ1) is 15.1. The van der Waals surface area contributed by atoms with Gasteiger partial charge in [-0.15, -0.1) is 0 Å². The summed E-state index contributed by atoms with van der Waals surface area (Å²) in [6.45, 7) is 4.40. The summed E-state index contributed by atoms with van der Waals surface area (Å²) in [4.78, 5) is 17.0. The first-order valence-corrected chi connectivity index (χ1v) is 6.88. The normalized spacial score (nSPS) is 17.0. The van der Waals surface area contributed by atoms with Gasteiger partial charge in [-0.2, -0.15) is 5.26 Å². The van der Waals surface area contributed by atoms with Crippen molar-refractivity contribution in [2.75, 3.05) is 6.61 Å². The Kier molecular flexibility index (Phi) is 4.96. The highest BCUT2D eigenvalue weighted by Crippen LogP contribution is 2.20. The molecular weight excluding hydrogens is 268 g/mol. The third-order valence-corrected chi connectivity index (χ3v) is 2.94. The number of carbonyl (C=O) groups is 1. The van der Waals surface area contributed by atoms with Gasteiger partial charge in [0, 0.05) is 0 Å². The maximum atomic E-state index is 11.6. The molecule has 1 N–H and O–H groups in total. The molecule has 0 aliphatic carbocycles. The fourth-order valence-corrected chi connectivity index (χ4v) is 1.86. The molecule has 1 aliphatic heterocycles. The number of nitrogens with one attached hydrogen (secondary N) is 1. The van der Waals surface area contributed by atoms with Crippen LogP contribution in [0.2, 0.25) is 0 Å². The Morgan fingerprint density at radius 2 is 2.14 bits per heavy atom. The third-order valence-electron chi connectivity index (χ3n) is 2.94. The lowest BCUT2D eigenvalue weighted by Gasteiger charge is -2.09. The van der Waals surface area contributed by atoms with Gasteiger partial charge in [-0.3, -0.25) is 15.1 Å². The molecule has 21 heavy (non-hydrogen) atoms. The number of hydrogen-bond acceptors (Lipinski definition) is 5. The number of rotatable bonds is 5. The highest BCUT2D eigenvalue weighted by atomic mass is 16.7. The Bertz CT molecular complexity index is 570. The van der Waals surface area contributed by atoms with Gasteiger partial charge >= 0.3 is 5.97 Å². The van der Waals surface area contributed by atoms with E-state index in [0.717, 1.165) is 11.3 Å². The van der Waals surface area contributed by atoms with Crippen molar-refractivity contribution in [3.63, 3.8) is 0 Å². The van der Waals surface area contributed by atoms with Crippen LogP contribution in [0.3, 0.4) is 0 Å². The summed E-state index contributed by atoms with van der Waals surface area (Å²) in [5, 5.41) is 8.77. The Morgan fingerprint density at radius 3 is 2.76 bits per heavy atom. The van der Waals surface area contributed by atoms with Crippen LogP contribution in [0.4, 0.5) is 0 Å². The standard InChI is InChI=1S/C16H18N2O3/c1-11(2)10-20-16(19)8-14-7-15(18-21-14)13-5-3-12(9-17)4-6-13/h3-7,11,14,18H,8,10H2,1-2H3. The van der Waals surface area contributed by atoms with Crippen molar-refractivity contribution in [2.45, 2.75) is 26.4 Å². The van der Waals surface area contributed by atoms with Crippen LogP contribution in [0.25, 0.3) is 5.70 Å². The van der Waals surface area contributed by atoms with Gasteiger partial charge in [0.1, 0.15) is 6.10 Å². The lowest BCUT2D eigenvalue weighted by molar-refractivity contribution is -0.147. The van der Waals surface area contributed by atoms with Crippen molar-refractivity contribution < 1.29 is 14.4 Å². The Labute approximate surface area is 124 Å². The number of ether oxygens (including phenoxy) is 1. The highest BCUT2D eigenvalue weighted by molar-refractivity contribution is 5.72. The minimum atomic E-state index is -0.338. The topological polar surface area (TPSA) is 71.4 Å². The summed E-state index contributed by atoms with van der Waals surface area (Å²) in [6, 6.07) is 9.21. The van der Waals surface area contributed by atoms with E-state index >= 15 is 0 Å². The van der Waals surface area contributed by atoms with Gasteiger partial charge in [-0.05, 0) is 29.7 Å². The van der Waals surface area contributed by atoms with Crippen LogP contribution in [0, 0.1) is 17.2 Å². The molecular formula is C16H18N2O3. The molecule has 5 heteroatoms. The number of carbonyl (C=O) groups excluding carboxylic acids is 1. The maximum Gasteiger partial charge on any atom is 0.308 e. The third kappa shape index (κ3) is 4.33. The molecule has 0 saturated heterocycles. The maximum absolute atomic E-state index is 11.6. The van der Waals surface area contributed by atoms with Crippen molar-refractivity contribution in [3.8, 4) is 6.07 Å². The summed E-state index contributed by atoms with van der Waals surface area (Å²) in [5.74, 6) is 0.0501. The number of benzene rings is 1. The van der Waals surface area contributed by atoms with E-state index in [9.17, 15) is 4.79 Å². The molecule has 1 unspecified atom stereocenters. The molecule has 1 atom stereocenters. The van der Waals surface area contributed by atoms with Gasteiger partial charge in [0.15, 0.2) is 0 Å². The van der Waals surface area contributed by atoms with Gasteiger partial charge in [0.05, 0.1) is 30.4 Å². The van der Waals surface area contributed by atoms with Crippen molar-refractivity contribution in [2.24, 2.45) is 5.92 Å². The molecule has 0 aromatic heterocycles. The monoisotopic (exact) mass is 286 g/mol. The fraction of sp³-hybridized carbons (Fsp3) is 0.375. The minimum Gasteiger partial charge on any atom is -0.465 e. The van der Waals surface area contributed by atoms with E-state index < -0.39 is 0 Å². The van der Waals surface area contributed by atoms with Crippen LogP contribution >= 0.6 is 0 Å². The van der Waals surface area contributed by atoms with Gasteiger partial charge in [0.25, 0.3) is 0 Å². The molecule has 0 spiro atoms. The van der Waals surface area contributed by atoms with E-state index in [4.69, 9.17) is 14.8 Å². The molecule has 1 aromatic carbocycles. The van der Waals surface area contributed by atoms with E-state index in [-0.39, 0.29) is 18.5 Å². The minimum absolute atomic E-state index is 0.180. The lowest BCUT2D eigenvalue weighted by Crippen LogP contribution is -2.19. The van der Waals surface area contributed by atoms with Crippen LogP contribution < -0.4 is 5.48 Å². The Balaban J connectivity index is 1.92. The molecule has 0 radical (unpaired) electrons. The van der Waals surface area contributed by atoms with E-state index in [2.05, 4.69) is 11.5 Å². The van der Waals surface area contributed by atoms with Crippen molar-refractivity contribution >= 4 is 11.7 Å². The number of nitriles is 1. The second-order valence-electron chi connectivity index (χ2n) is 5.31. The van der Waals surface area contributed by atoms with Gasteiger partial charge in [-0.1, -0.05) is 26.0 Å². The highest BCUT2D eigenvalue weighted by Gasteiger charge is 2.21. The first-order chi connectivity index (χ1) is 10.1. The molecule has 0 bridgehead atoms. The van der Waals surface area contributed by atoms with E-state index in [1.165, 1.54) is 0 Å². The van der Waals surface area contributed by atoms with Gasteiger partial charge in [0.2, 0.25) is 0 Å². The summed E-state index contributed by atoms with van der Waals surface area (Å²) in [7, 11) is 0. The predicted octanol–water partition coefficient (Wildman–Crippen LogP) is 2.39. The largest absolute Gasteiger partial charge is 0.465 e. The van der Waals surface area contributed by atoms with Gasteiger partial charge in [-0.25, -0.2) is 0 Å². The lowest BCUT2D eigenvalue weighted by atomic mass is 10.1. The van der Waals surface area contributed by atoms with Crippen LogP contribution in [-0.2, 0) is 14.4 Å². The van der Waals surface area contributed by atoms with Crippen molar-refractivity contribution in [1.82, 2.24) is 5.48 Å².